The van der Waals surface area contributed by atoms with E-state index in [4.69, 9.17) is 4.74 Å². The van der Waals surface area contributed by atoms with Crippen LogP contribution in [-0.4, -0.2) is 36.9 Å². The predicted molar refractivity (Wildman–Crippen MR) is 94.2 cm³/mol. The van der Waals surface area contributed by atoms with Gasteiger partial charge in [0.25, 0.3) is 0 Å². The van der Waals surface area contributed by atoms with Gasteiger partial charge < -0.3 is 9.64 Å². The summed E-state index contributed by atoms with van der Waals surface area (Å²) in [6.45, 7) is 8.25. The smallest absolute Gasteiger partial charge is 0.193 e. The minimum absolute atomic E-state index is 0.0404. The Hall–Kier alpha value is -2.13. The maximum atomic E-state index is 12.3. The fourth-order valence-electron chi connectivity index (χ4n) is 2.48. The molecule has 3 nitrogen and oxygen atoms in total. The Kier molecular flexibility index (Phi) is 6.82. The maximum Gasteiger partial charge on any atom is 0.193 e. The zero-order chi connectivity index (χ0) is 16.5. The van der Waals surface area contributed by atoms with Crippen molar-refractivity contribution in [2.75, 3.05) is 26.2 Å². The molecule has 0 N–H and O–H groups in total. The Morgan fingerprint density at radius 1 is 0.913 bits per heavy atom. The third-order valence-electron chi connectivity index (χ3n) is 3.93. The lowest BCUT2D eigenvalue weighted by Gasteiger charge is -2.17. The zero-order valence-corrected chi connectivity index (χ0v) is 14.0. The molecular weight excluding hydrogens is 286 g/mol. The summed E-state index contributed by atoms with van der Waals surface area (Å²) in [5.41, 5.74) is 1.40. The summed E-state index contributed by atoms with van der Waals surface area (Å²) < 4.78 is 5.75. The van der Waals surface area contributed by atoms with E-state index in [1.165, 1.54) is 0 Å². The number of hydrogen-bond donors (Lipinski definition) is 0. The molecule has 0 spiro atoms. The highest BCUT2D eigenvalue weighted by molar-refractivity contribution is 6.08. The van der Waals surface area contributed by atoms with Crippen LogP contribution in [0, 0.1) is 0 Å². The van der Waals surface area contributed by atoms with Gasteiger partial charge in [-0.05, 0) is 43.8 Å². The van der Waals surface area contributed by atoms with Crippen LogP contribution in [-0.2, 0) is 0 Å². The van der Waals surface area contributed by atoms with Crippen LogP contribution in [0.4, 0.5) is 0 Å². The van der Waals surface area contributed by atoms with Crippen molar-refractivity contribution in [2.24, 2.45) is 0 Å². The molecule has 0 bridgehead atoms. The van der Waals surface area contributed by atoms with Crippen LogP contribution in [0.3, 0.4) is 0 Å². The van der Waals surface area contributed by atoms with Crippen LogP contribution >= 0.6 is 0 Å². The van der Waals surface area contributed by atoms with Crippen LogP contribution in [0.5, 0.6) is 5.75 Å². The summed E-state index contributed by atoms with van der Waals surface area (Å²) in [7, 11) is 0. The minimum atomic E-state index is 0.0404. The first-order valence-electron chi connectivity index (χ1n) is 8.29. The van der Waals surface area contributed by atoms with Crippen molar-refractivity contribution >= 4 is 5.78 Å². The SMILES string of the molecule is CCN(CC)CCCOc1ccc(C(=O)c2ccccc2)cc1. The Morgan fingerprint density at radius 2 is 1.52 bits per heavy atom. The van der Waals surface area contributed by atoms with Gasteiger partial charge >= 0.3 is 0 Å². The molecule has 0 fully saturated rings. The van der Waals surface area contributed by atoms with Gasteiger partial charge in [0.1, 0.15) is 5.75 Å². The topological polar surface area (TPSA) is 29.5 Å². The third kappa shape index (κ3) is 5.22. The number of nitrogens with zero attached hydrogens (tertiary/aromatic N) is 1. The van der Waals surface area contributed by atoms with Gasteiger partial charge in [0.05, 0.1) is 6.61 Å². The zero-order valence-electron chi connectivity index (χ0n) is 14.0. The molecule has 2 aromatic carbocycles. The highest BCUT2D eigenvalue weighted by Crippen LogP contribution is 2.15. The van der Waals surface area contributed by atoms with Crippen LogP contribution in [0.25, 0.3) is 0 Å². The third-order valence-corrected chi connectivity index (χ3v) is 3.93. The van der Waals surface area contributed by atoms with Gasteiger partial charge in [0.2, 0.25) is 0 Å². The van der Waals surface area contributed by atoms with Crippen molar-refractivity contribution in [3.8, 4) is 5.75 Å². The van der Waals surface area contributed by atoms with Gasteiger partial charge in [0, 0.05) is 17.7 Å². The lowest BCUT2D eigenvalue weighted by atomic mass is 10.0. The first-order chi connectivity index (χ1) is 11.2. The standard InChI is InChI=1S/C20H25NO2/c1-3-21(4-2)15-8-16-23-19-13-11-18(12-14-19)20(22)17-9-6-5-7-10-17/h5-7,9-14H,3-4,8,15-16H2,1-2H3. The molecule has 0 heterocycles. The summed E-state index contributed by atoms with van der Waals surface area (Å²) in [4.78, 5) is 14.7. The molecule has 0 amide bonds. The van der Waals surface area contributed by atoms with Gasteiger partial charge in [-0.3, -0.25) is 4.79 Å². The molecule has 3 heteroatoms. The number of ketones is 1. The monoisotopic (exact) mass is 311 g/mol. The number of carbonyl (C=O) groups excluding carboxylic acids is 1. The van der Waals surface area contributed by atoms with Crippen LogP contribution in [0.1, 0.15) is 36.2 Å². The van der Waals surface area contributed by atoms with E-state index in [1.807, 2.05) is 54.6 Å². The van der Waals surface area contributed by atoms with E-state index in [2.05, 4.69) is 18.7 Å². The van der Waals surface area contributed by atoms with E-state index in [0.29, 0.717) is 17.7 Å². The molecule has 0 aliphatic carbocycles. The van der Waals surface area contributed by atoms with Gasteiger partial charge in [-0.15, -0.1) is 0 Å². The van der Waals surface area contributed by atoms with Gasteiger partial charge in [-0.25, -0.2) is 0 Å². The van der Waals surface area contributed by atoms with Gasteiger partial charge in [-0.1, -0.05) is 44.2 Å². The van der Waals surface area contributed by atoms with Gasteiger partial charge in [0.15, 0.2) is 5.78 Å². The quantitative estimate of drug-likeness (QED) is 0.517. The fraction of sp³-hybridized carbons (Fsp3) is 0.350. The first kappa shape index (κ1) is 17.2. The maximum absolute atomic E-state index is 12.3. The lowest BCUT2D eigenvalue weighted by Crippen LogP contribution is -2.25. The van der Waals surface area contributed by atoms with Crippen molar-refractivity contribution in [2.45, 2.75) is 20.3 Å². The number of carbonyl (C=O) groups is 1. The summed E-state index contributed by atoms with van der Waals surface area (Å²) in [6.07, 6.45) is 1.01. The van der Waals surface area contributed by atoms with Gasteiger partial charge in [-0.2, -0.15) is 0 Å². The average Bonchev–Trinajstić information content (AvgIpc) is 2.62. The summed E-state index contributed by atoms with van der Waals surface area (Å²) in [6, 6.07) is 16.7. The molecule has 23 heavy (non-hydrogen) atoms. The summed E-state index contributed by atoms with van der Waals surface area (Å²) in [5.74, 6) is 0.854. The Morgan fingerprint density at radius 3 is 2.13 bits per heavy atom. The molecule has 0 unspecified atom stereocenters. The van der Waals surface area contributed by atoms with E-state index >= 15 is 0 Å². The molecule has 2 rings (SSSR count). The van der Waals surface area contributed by atoms with Crippen molar-refractivity contribution in [1.29, 1.82) is 0 Å². The van der Waals surface area contributed by atoms with E-state index in [0.717, 1.165) is 31.8 Å². The number of rotatable bonds is 9. The second-order valence-electron chi connectivity index (χ2n) is 5.45. The predicted octanol–water partition coefficient (Wildman–Crippen LogP) is 4.03. The second-order valence-corrected chi connectivity index (χ2v) is 5.45. The van der Waals surface area contributed by atoms with E-state index in [1.54, 1.807) is 0 Å². The highest BCUT2D eigenvalue weighted by atomic mass is 16.5. The van der Waals surface area contributed by atoms with Crippen molar-refractivity contribution in [3.63, 3.8) is 0 Å². The lowest BCUT2D eigenvalue weighted by molar-refractivity contribution is 0.103. The first-order valence-corrected chi connectivity index (χ1v) is 8.29. The molecule has 0 aromatic heterocycles. The Labute approximate surface area is 138 Å². The van der Waals surface area contributed by atoms with Crippen LogP contribution in [0.2, 0.25) is 0 Å². The van der Waals surface area contributed by atoms with Crippen molar-refractivity contribution in [3.05, 3.63) is 65.7 Å². The molecule has 0 radical (unpaired) electrons. The van der Waals surface area contributed by atoms with Crippen molar-refractivity contribution in [1.82, 2.24) is 4.90 Å². The average molecular weight is 311 g/mol. The molecule has 0 saturated heterocycles. The molecule has 0 atom stereocenters. The number of hydrogen-bond acceptors (Lipinski definition) is 3. The Balaban J connectivity index is 1.84. The molecule has 0 aliphatic heterocycles. The summed E-state index contributed by atoms with van der Waals surface area (Å²) in [5, 5.41) is 0. The van der Waals surface area contributed by atoms with E-state index in [-0.39, 0.29) is 5.78 Å². The van der Waals surface area contributed by atoms with Crippen LogP contribution < -0.4 is 4.74 Å². The van der Waals surface area contributed by atoms with Crippen LogP contribution in [0.15, 0.2) is 54.6 Å². The number of benzene rings is 2. The molecule has 122 valence electrons. The molecule has 0 saturated carbocycles. The Bertz CT molecular complexity index is 589. The molecular formula is C20H25NO2. The minimum Gasteiger partial charge on any atom is -0.494 e. The fourth-order valence-corrected chi connectivity index (χ4v) is 2.48. The second kappa shape index (κ2) is 9.11. The van der Waals surface area contributed by atoms with E-state index in [9.17, 15) is 4.79 Å². The summed E-state index contributed by atoms with van der Waals surface area (Å²) >= 11 is 0. The number of ether oxygens (including phenoxy) is 1. The molecule has 2 aromatic rings. The van der Waals surface area contributed by atoms with Crippen molar-refractivity contribution < 1.29 is 9.53 Å². The van der Waals surface area contributed by atoms with E-state index < -0.39 is 0 Å². The molecule has 0 aliphatic rings. The normalized spacial score (nSPS) is 10.7. The highest BCUT2D eigenvalue weighted by Gasteiger charge is 2.08. The largest absolute Gasteiger partial charge is 0.494 e.